The van der Waals surface area contributed by atoms with Crippen molar-refractivity contribution in [1.82, 2.24) is 10.3 Å². The molecule has 1 fully saturated rings. The van der Waals surface area contributed by atoms with Gasteiger partial charge in [0.25, 0.3) is 0 Å². The molecule has 0 aliphatic carbocycles. The molecule has 1 saturated heterocycles. The van der Waals surface area contributed by atoms with Crippen LogP contribution < -0.4 is 16.0 Å². The number of pyridine rings is 1. The average molecular weight is 248 g/mol. The van der Waals surface area contributed by atoms with Crippen LogP contribution in [0.5, 0.6) is 0 Å². The molecular formula is C13H20N4O. The van der Waals surface area contributed by atoms with Crippen molar-refractivity contribution < 1.29 is 4.79 Å². The van der Waals surface area contributed by atoms with Gasteiger partial charge in [-0.3, -0.25) is 4.79 Å². The summed E-state index contributed by atoms with van der Waals surface area (Å²) in [5, 5.41) is 2.72. The van der Waals surface area contributed by atoms with Gasteiger partial charge in [-0.05, 0) is 31.4 Å². The predicted octanol–water partition coefficient (Wildman–Crippen LogP) is 0.935. The first-order valence-corrected chi connectivity index (χ1v) is 6.30. The van der Waals surface area contributed by atoms with Gasteiger partial charge in [-0.25, -0.2) is 4.98 Å². The molecule has 3 N–H and O–H groups in total. The third-order valence-electron chi connectivity index (χ3n) is 3.57. The van der Waals surface area contributed by atoms with Crippen LogP contribution >= 0.6 is 0 Å². The summed E-state index contributed by atoms with van der Waals surface area (Å²) in [6, 6.07) is 2.01. The van der Waals surface area contributed by atoms with Crippen LogP contribution in [0.25, 0.3) is 0 Å². The molecular weight excluding hydrogens is 228 g/mol. The van der Waals surface area contributed by atoms with Crippen LogP contribution in [0.4, 0.5) is 11.5 Å². The molecule has 5 nitrogen and oxygen atoms in total. The average Bonchev–Trinajstić information content (AvgIpc) is 2.41. The van der Waals surface area contributed by atoms with E-state index in [1.807, 2.05) is 13.0 Å². The predicted molar refractivity (Wildman–Crippen MR) is 72.4 cm³/mol. The van der Waals surface area contributed by atoms with Gasteiger partial charge in [-0.15, -0.1) is 0 Å². The number of nitrogens with two attached hydrogens (primary N) is 1. The molecule has 0 aromatic carbocycles. The fraction of sp³-hybridized carbons (Fsp3) is 0.538. The Labute approximate surface area is 107 Å². The molecule has 5 heteroatoms. The van der Waals surface area contributed by atoms with E-state index in [2.05, 4.69) is 15.2 Å². The molecule has 0 bridgehead atoms. The minimum Gasteiger partial charge on any atom is -0.397 e. The highest BCUT2D eigenvalue weighted by molar-refractivity contribution is 5.78. The molecule has 0 radical (unpaired) electrons. The summed E-state index contributed by atoms with van der Waals surface area (Å²) in [6.07, 6.45) is 3.46. The fourth-order valence-corrected chi connectivity index (χ4v) is 2.30. The second-order valence-electron chi connectivity index (χ2n) is 4.77. The molecule has 2 rings (SSSR count). The van der Waals surface area contributed by atoms with Crippen molar-refractivity contribution in [3.63, 3.8) is 0 Å². The minimum absolute atomic E-state index is 0.140. The lowest BCUT2D eigenvalue weighted by Crippen LogP contribution is -2.39. The number of nitrogen functional groups attached to an aromatic ring is 1. The van der Waals surface area contributed by atoms with Crippen molar-refractivity contribution in [2.24, 2.45) is 5.92 Å². The molecule has 1 aromatic heterocycles. The number of hydrogen-bond donors (Lipinski definition) is 2. The summed E-state index contributed by atoms with van der Waals surface area (Å²) in [6.45, 7) is 3.72. The van der Waals surface area contributed by atoms with Crippen molar-refractivity contribution in [3.8, 4) is 0 Å². The highest BCUT2D eigenvalue weighted by Gasteiger charge is 2.24. The number of hydrogen-bond acceptors (Lipinski definition) is 4. The Bertz CT molecular complexity index is 439. The highest BCUT2D eigenvalue weighted by Crippen LogP contribution is 2.23. The van der Waals surface area contributed by atoms with E-state index in [9.17, 15) is 4.79 Å². The molecule has 0 spiro atoms. The largest absolute Gasteiger partial charge is 0.397 e. The Hall–Kier alpha value is -1.78. The maximum absolute atomic E-state index is 11.5. The molecule has 1 aromatic rings. The van der Waals surface area contributed by atoms with Gasteiger partial charge in [0.2, 0.25) is 5.91 Å². The van der Waals surface area contributed by atoms with Gasteiger partial charge in [0, 0.05) is 26.1 Å². The second kappa shape index (κ2) is 5.25. The van der Waals surface area contributed by atoms with E-state index in [1.165, 1.54) is 0 Å². The Kier molecular flexibility index (Phi) is 3.69. The van der Waals surface area contributed by atoms with Gasteiger partial charge in [-0.2, -0.15) is 0 Å². The van der Waals surface area contributed by atoms with Crippen LogP contribution in [0.15, 0.2) is 12.3 Å². The normalized spacial score (nSPS) is 16.7. The smallest absolute Gasteiger partial charge is 0.222 e. The van der Waals surface area contributed by atoms with E-state index >= 15 is 0 Å². The van der Waals surface area contributed by atoms with Gasteiger partial charge in [-0.1, -0.05) is 0 Å². The number of nitrogens with zero attached hydrogens (tertiary/aromatic N) is 2. The maximum atomic E-state index is 11.5. The van der Waals surface area contributed by atoms with E-state index < -0.39 is 0 Å². The van der Waals surface area contributed by atoms with Crippen LogP contribution in [0.2, 0.25) is 0 Å². The summed E-state index contributed by atoms with van der Waals surface area (Å²) in [5.41, 5.74) is 7.53. The lowest BCUT2D eigenvalue weighted by Gasteiger charge is -2.32. The molecule has 98 valence electrons. The van der Waals surface area contributed by atoms with Gasteiger partial charge in [0.05, 0.1) is 11.9 Å². The second-order valence-corrected chi connectivity index (χ2v) is 4.77. The highest BCUT2D eigenvalue weighted by atomic mass is 16.1. The third-order valence-corrected chi connectivity index (χ3v) is 3.57. The van der Waals surface area contributed by atoms with E-state index in [-0.39, 0.29) is 11.8 Å². The first kappa shape index (κ1) is 12.7. The van der Waals surface area contributed by atoms with E-state index in [0.717, 1.165) is 43.0 Å². The number of aryl methyl sites for hydroxylation is 1. The molecule has 0 saturated carbocycles. The van der Waals surface area contributed by atoms with E-state index in [1.54, 1.807) is 13.2 Å². The molecule has 0 unspecified atom stereocenters. The SMILES string of the molecule is CNC(=O)C1CCN(c2cc(C)c(N)cn2)CC1. The number of piperidine rings is 1. The van der Waals surface area contributed by atoms with Crippen LogP contribution in [0.3, 0.4) is 0 Å². The minimum atomic E-state index is 0.140. The Morgan fingerprint density at radius 2 is 2.17 bits per heavy atom. The molecule has 2 heterocycles. The van der Waals surface area contributed by atoms with E-state index in [4.69, 9.17) is 5.73 Å². The Balaban J connectivity index is 2.01. The number of amides is 1. The van der Waals surface area contributed by atoms with Crippen molar-refractivity contribution in [3.05, 3.63) is 17.8 Å². The van der Waals surface area contributed by atoms with Crippen LogP contribution in [0, 0.1) is 12.8 Å². The van der Waals surface area contributed by atoms with Crippen molar-refractivity contribution in [2.75, 3.05) is 30.8 Å². The first-order chi connectivity index (χ1) is 8.61. The van der Waals surface area contributed by atoms with Crippen LogP contribution in [0.1, 0.15) is 18.4 Å². The van der Waals surface area contributed by atoms with Gasteiger partial charge in [0.1, 0.15) is 5.82 Å². The molecule has 1 aliphatic heterocycles. The van der Waals surface area contributed by atoms with Gasteiger partial charge < -0.3 is 16.0 Å². The first-order valence-electron chi connectivity index (χ1n) is 6.30. The van der Waals surface area contributed by atoms with Crippen LogP contribution in [-0.4, -0.2) is 31.0 Å². The number of carbonyl (C=O) groups excluding carboxylic acids is 1. The summed E-state index contributed by atoms with van der Waals surface area (Å²) in [4.78, 5) is 18.1. The van der Waals surface area contributed by atoms with Gasteiger partial charge >= 0.3 is 0 Å². The Morgan fingerprint density at radius 3 is 2.72 bits per heavy atom. The molecule has 1 amide bonds. The Morgan fingerprint density at radius 1 is 1.50 bits per heavy atom. The monoisotopic (exact) mass is 248 g/mol. The zero-order valence-corrected chi connectivity index (χ0v) is 10.9. The lowest BCUT2D eigenvalue weighted by atomic mass is 9.96. The van der Waals surface area contributed by atoms with Crippen molar-refractivity contribution >= 4 is 17.4 Å². The molecule has 18 heavy (non-hydrogen) atoms. The maximum Gasteiger partial charge on any atom is 0.222 e. The molecule has 0 atom stereocenters. The van der Waals surface area contributed by atoms with Crippen molar-refractivity contribution in [1.29, 1.82) is 0 Å². The number of rotatable bonds is 2. The number of carbonyl (C=O) groups is 1. The fourth-order valence-electron chi connectivity index (χ4n) is 2.30. The van der Waals surface area contributed by atoms with Crippen LogP contribution in [-0.2, 0) is 4.79 Å². The topological polar surface area (TPSA) is 71.2 Å². The van der Waals surface area contributed by atoms with Gasteiger partial charge in [0.15, 0.2) is 0 Å². The third kappa shape index (κ3) is 2.55. The van der Waals surface area contributed by atoms with E-state index in [0.29, 0.717) is 0 Å². The zero-order valence-electron chi connectivity index (χ0n) is 10.9. The lowest BCUT2D eigenvalue weighted by molar-refractivity contribution is -0.125. The number of anilines is 2. The summed E-state index contributed by atoms with van der Waals surface area (Å²) in [5.74, 6) is 1.24. The quantitative estimate of drug-likeness (QED) is 0.817. The zero-order chi connectivity index (χ0) is 13.1. The summed E-state index contributed by atoms with van der Waals surface area (Å²) < 4.78 is 0. The standard InChI is InChI=1S/C13H20N4O/c1-9-7-12(16-8-11(9)14)17-5-3-10(4-6-17)13(18)15-2/h7-8,10H,3-6,14H2,1-2H3,(H,15,18). The number of aromatic nitrogens is 1. The summed E-state index contributed by atoms with van der Waals surface area (Å²) in [7, 11) is 1.69. The van der Waals surface area contributed by atoms with Crippen molar-refractivity contribution in [2.45, 2.75) is 19.8 Å². The molecule has 1 aliphatic rings. The summed E-state index contributed by atoms with van der Waals surface area (Å²) >= 11 is 0. The number of nitrogens with one attached hydrogen (secondary N) is 1.